The summed E-state index contributed by atoms with van der Waals surface area (Å²) in [5.41, 5.74) is 7.98. The quantitative estimate of drug-likeness (QED) is 0.181. The van der Waals surface area contributed by atoms with Crippen LogP contribution < -0.4 is 0 Å². The Kier molecular flexibility index (Phi) is 2.88. The molecule has 0 nitrogen and oxygen atoms in total. The Labute approximate surface area is 196 Å². The van der Waals surface area contributed by atoms with Gasteiger partial charge in [0.15, 0.2) is 0 Å². The highest BCUT2D eigenvalue weighted by Gasteiger charge is 2.23. The number of benzene rings is 7. The van der Waals surface area contributed by atoms with E-state index in [1.54, 1.807) is 0 Å². The molecule has 0 aliphatic heterocycles. The van der Waals surface area contributed by atoms with E-state index < -0.39 is 0 Å². The summed E-state index contributed by atoms with van der Waals surface area (Å²) in [5.74, 6) is 0. The van der Waals surface area contributed by atoms with Gasteiger partial charge in [-0.15, -0.1) is 0 Å². The summed E-state index contributed by atoms with van der Waals surface area (Å²) in [5, 5.41) is 13.7. The first kappa shape index (κ1) is 17.1. The third-order valence-corrected chi connectivity index (χ3v) is 8.09. The molecule has 0 radical (unpaired) electrons. The molecule has 0 spiro atoms. The Bertz CT molecular complexity index is 2040. The molecule has 0 amide bonds. The Hall–Kier alpha value is -4.42. The minimum absolute atomic E-state index is 1.29. The van der Waals surface area contributed by atoms with Crippen LogP contribution >= 0.6 is 0 Å². The molecule has 2 aliphatic carbocycles. The monoisotopic (exact) mass is 426 g/mol. The maximum Gasteiger partial charge on any atom is -0.00141 e. The molecule has 0 saturated heterocycles. The molecular formula is C34H18. The van der Waals surface area contributed by atoms with Gasteiger partial charge < -0.3 is 0 Å². The molecule has 2 aliphatic rings. The zero-order valence-corrected chi connectivity index (χ0v) is 18.4. The predicted octanol–water partition coefficient (Wildman–Crippen LogP) is 9.28. The van der Waals surface area contributed by atoms with E-state index in [0.29, 0.717) is 0 Å². The summed E-state index contributed by atoms with van der Waals surface area (Å²) >= 11 is 0. The molecule has 0 heteroatoms. The Morgan fingerprint density at radius 1 is 0.412 bits per heavy atom. The van der Waals surface area contributed by atoms with E-state index in [1.165, 1.54) is 87.3 Å². The highest BCUT2D eigenvalue weighted by molar-refractivity contribution is 6.37. The number of fused-ring (bicyclic) bond motifs is 3. The van der Waals surface area contributed by atoms with Crippen LogP contribution in [-0.2, 0) is 0 Å². The molecule has 0 heterocycles. The lowest BCUT2D eigenvalue weighted by molar-refractivity contribution is 1.65. The molecular weight excluding hydrogens is 408 g/mol. The highest BCUT2D eigenvalue weighted by atomic mass is 14.3. The molecule has 0 bridgehead atoms. The molecule has 9 rings (SSSR count). The van der Waals surface area contributed by atoms with E-state index in [9.17, 15) is 0 Å². The normalized spacial score (nSPS) is 13.9. The predicted molar refractivity (Wildman–Crippen MR) is 148 cm³/mol. The van der Waals surface area contributed by atoms with Crippen molar-refractivity contribution in [2.45, 2.75) is 0 Å². The number of hydrogen-bond donors (Lipinski definition) is 0. The van der Waals surface area contributed by atoms with Crippen LogP contribution in [0.4, 0.5) is 0 Å². The van der Waals surface area contributed by atoms with Crippen LogP contribution in [0.25, 0.3) is 77.7 Å². The third kappa shape index (κ3) is 1.93. The molecule has 7 aromatic carbocycles. The first-order chi connectivity index (χ1) is 16.8. The maximum atomic E-state index is 2.39. The smallest absolute Gasteiger partial charge is 0.00141 e. The van der Waals surface area contributed by atoms with Crippen molar-refractivity contribution in [3.05, 3.63) is 119 Å². The topological polar surface area (TPSA) is 0 Å². The van der Waals surface area contributed by atoms with Gasteiger partial charge in [0.1, 0.15) is 0 Å². The average Bonchev–Trinajstić information content (AvgIpc) is 3.49. The van der Waals surface area contributed by atoms with Gasteiger partial charge >= 0.3 is 0 Å². The second kappa shape index (κ2) is 5.73. The zero-order chi connectivity index (χ0) is 22.0. The van der Waals surface area contributed by atoms with Gasteiger partial charge in [0.05, 0.1) is 0 Å². The fourth-order valence-electron chi connectivity index (χ4n) is 6.60. The summed E-state index contributed by atoms with van der Waals surface area (Å²) < 4.78 is 0. The van der Waals surface area contributed by atoms with Gasteiger partial charge in [-0.1, -0.05) is 97.1 Å². The second-order valence-corrected chi connectivity index (χ2v) is 9.72. The van der Waals surface area contributed by atoms with Crippen LogP contribution in [0.15, 0.2) is 91.0 Å². The number of hydrogen-bond acceptors (Lipinski definition) is 0. The van der Waals surface area contributed by atoms with Crippen LogP contribution in [0.5, 0.6) is 0 Å². The molecule has 154 valence electrons. The van der Waals surface area contributed by atoms with Crippen molar-refractivity contribution in [2.75, 3.05) is 0 Å². The van der Waals surface area contributed by atoms with Crippen LogP contribution in [0.1, 0.15) is 27.8 Å². The van der Waals surface area contributed by atoms with Gasteiger partial charge in [0.2, 0.25) is 0 Å². The van der Waals surface area contributed by atoms with Gasteiger partial charge in [-0.25, -0.2) is 0 Å². The van der Waals surface area contributed by atoms with E-state index >= 15 is 0 Å². The Morgan fingerprint density at radius 2 is 1.03 bits per heavy atom. The van der Waals surface area contributed by atoms with Gasteiger partial charge in [0, 0.05) is 0 Å². The van der Waals surface area contributed by atoms with Crippen LogP contribution in [0, 0.1) is 0 Å². The molecule has 7 aromatic rings. The molecule has 0 aromatic heterocycles. The third-order valence-electron chi connectivity index (χ3n) is 8.09. The van der Waals surface area contributed by atoms with Gasteiger partial charge in [-0.3, -0.25) is 0 Å². The summed E-state index contributed by atoms with van der Waals surface area (Å²) in [6.45, 7) is 0. The van der Waals surface area contributed by atoms with E-state index in [0.717, 1.165) is 0 Å². The van der Waals surface area contributed by atoms with Crippen molar-refractivity contribution in [3.8, 4) is 0 Å². The average molecular weight is 427 g/mol. The van der Waals surface area contributed by atoms with E-state index in [2.05, 4.69) is 109 Å². The van der Waals surface area contributed by atoms with E-state index in [-0.39, 0.29) is 0 Å². The standard InChI is InChI=1S/C34H18/c1-2-4-22-17-23(8-5-19(22)3-1)30-18-24-11-14-27-25-12-9-20-6-7-21-10-13-26(33(25)31(20)21)28-15-16-29(30)32(24)34(27)28/h1-18H. The lowest BCUT2D eigenvalue weighted by atomic mass is 9.86. The fourth-order valence-corrected chi connectivity index (χ4v) is 6.60. The maximum absolute atomic E-state index is 2.39. The van der Waals surface area contributed by atoms with Gasteiger partial charge in [0.25, 0.3) is 0 Å². The van der Waals surface area contributed by atoms with Crippen LogP contribution in [0.3, 0.4) is 0 Å². The molecule has 0 atom stereocenters. The Morgan fingerprint density at radius 3 is 1.76 bits per heavy atom. The van der Waals surface area contributed by atoms with Crippen molar-refractivity contribution in [2.24, 2.45) is 0 Å². The van der Waals surface area contributed by atoms with Crippen LogP contribution in [-0.4, -0.2) is 0 Å². The SMILES string of the molecule is C1=Cc2ccc3c4ccc5c6c(ccc(c7ccc1c2c73)c64)C=C5c1ccc2ccccc2c1. The van der Waals surface area contributed by atoms with Crippen molar-refractivity contribution < 1.29 is 0 Å². The van der Waals surface area contributed by atoms with Crippen molar-refractivity contribution >= 4 is 77.7 Å². The van der Waals surface area contributed by atoms with Gasteiger partial charge in [-0.05, 0) is 99.4 Å². The minimum Gasteiger partial charge on any atom is -0.0616 e. The van der Waals surface area contributed by atoms with Crippen LogP contribution in [0.2, 0.25) is 0 Å². The number of rotatable bonds is 1. The lowest BCUT2D eigenvalue weighted by Gasteiger charge is -2.17. The fraction of sp³-hybridized carbons (Fsp3) is 0. The Balaban J connectivity index is 1.40. The van der Waals surface area contributed by atoms with E-state index in [1.807, 2.05) is 0 Å². The zero-order valence-electron chi connectivity index (χ0n) is 18.4. The summed E-state index contributed by atoms with van der Waals surface area (Å²) in [6, 6.07) is 34.1. The second-order valence-electron chi connectivity index (χ2n) is 9.72. The summed E-state index contributed by atoms with van der Waals surface area (Å²) in [4.78, 5) is 0. The first-order valence-electron chi connectivity index (χ1n) is 11.9. The van der Waals surface area contributed by atoms with Crippen molar-refractivity contribution in [3.63, 3.8) is 0 Å². The first-order valence-corrected chi connectivity index (χ1v) is 11.9. The molecule has 0 fully saturated rings. The highest BCUT2D eigenvalue weighted by Crippen LogP contribution is 2.49. The van der Waals surface area contributed by atoms with Crippen molar-refractivity contribution in [1.29, 1.82) is 0 Å². The van der Waals surface area contributed by atoms with Crippen molar-refractivity contribution in [1.82, 2.24) is 0 Å². The molecule has 0 unspecified atom stereocenters. The van der Waals surface area contributed by atoms with E-state index in [4.69, 9.17) is 0 Å². The van der Waals surface area contributed by atoms with Gasteiger partial charge in [-0.2, -0.15) is 0 Å². The lowest BCUT2D eigenvalue weighted by Crippen LogP contribution is -1.91. The molecule has 0 saturated carbocycles. The summed E-state index contributed by atoms with van der Waals surface area (Å²) in [7, 11) is 0. The molecule has 0 N–H and O–H groups in total. The summed E-state index contributed by atoms with van der Waals surface area (Å²) in [6.07, 6.45) is 6.89. The minimum atomic E-state index is 1.29. The largest absolute Gasteiger partial charge is 0.0616 e. The molecule has 34 heavy (non-hydrogen) atoms.